The van der Waals surface area contributed by atoms with Crippen LogP contribution >= 0.6 is 0 Å². The van der Waals surface area contributed by atoms with Crippen molar-refractivity contribution in [1.82, 2.24) is 9.97 Å². The normalized spacial score (nSPS) is 11.1. The average molecular weight is 374 g/mol. The van der Waals surface area contributed by atoms with Crippen molar-refractivity contribution in [3.05, 3.63) is 65.9 Å². The Labute approximate surface area is 154 Å². The largest absolute Gasteiger partial charge is 0.497 e. The number of ether oxygens (including phenoxy) is 1. The molecule has 0 aliphatic carbocycles. The van der Waals surface area contributed by atoms with Crippen molar-refractivity contribution in [3.8, 4) is 5.75 Å². The molecule has 0 amide bonds. The highest BCUT2D eigenvalue weighted by Gasteiger charge is 2.29. The van der Waals surface area contributed by atoms with E-state index in [1.54, 1.807) is 26.2 Å². The fourth-order valence-electron chi connectivity index (χ4n) is 2.41. The molecule has 1 heterocycles. The molecule has 0 saturated heterocycles. The number of hydrogen-bond acceptors (Lipinski definition) is 5. The topological polar surface area (TPSA) is 59.1 Å². The minimum atomic E-state index is -4.36. The maximum absolute atomic E-state index is 12.7. The summed E-state index contributed by atoms with van der Waals surface area (Å²) in [6.07, 6.45) is -4.36. The summed E-state index contributed by atoms with van der Waals surface area (Å²) in [4.78, 5) is 8.68. The summed E-state index contributed by atoms with van der Waals surface area (Å²) >= 11 is 0. The zero-order valence-corrected chi connectivity index (χ0v) is 14.6. The molecule has 0 aliphatic rings. The van der Waals surface area contributed by atoms with Crippen LogP contribution in [0, 0.1) is 6.92 Å². The zero-order valence-electron chi connectivity index (χ0n) is 14.6. The fourth-order valence-corrected chi connectivity index (χ4v) is 2.41. The SMILES string of the molecule is COc1cccc(Nc2nc(C)cc(Nc3ccc(C(F)(F)F)cc3)n2)c1. The first kappa shape index (κ1) is 18.5. The third-order valence-corrected chi connectivity index (χ3v) is 3.66. The second kappa shape index (κ2) is 7.53. The summed E-state index contributed by atoms with van der Waals surface area (Å²) in [5.41, 5.74) is 1.24. The molecule has 140 valence electrons. The summed E-state index contributed by atoms with van der Waals surface area (Å²) in [6.45, 7) is 1.80. The first-order valence-corrected chi connectivity index (χ1v) is 8.04. The van der Waals surface area contributed by atoms with Crippen molar-refractivity contribution in [2.75, 3.05) is 17.7 Å². The number of hydrogen-bond donors (Lipinski definition) is 2. The van der Waals surface area contributed by atoms with Crippen LogP contribution in [0.1, 0.15) is 11.3 Å². The molecule has 0 atom stereocenters. The van der Waals surface area contributed by atoms with Crippen LogP contribution < -0.4 is 15.4 Å². The molecule has 0 unspecified atom stereocenters. The van der Waals surface area contributed by atoms with Gasteiger partial charge in [-0.25, -0.2) is 4.98 Å². The lowest BCUT2D eigenvalue weighted by atomic mass is 10.2. The van der Waals surface area contributed by atoms with Gasteiger partial charge in [0, 0.05) is 29.2 Å². The van der Waals surface area contributed by atoms with Crippen LogP contribution in [0.4, 0.5) is 36.3 Å². The number of halogens is 3. The Morgan fingerprint density at radius 3 is 2.30 bits per heavy atom. The molecule has 0 spiro atoms. The third-order valence-electron chi connectivity index (χ3n) is 3.66. The van der Waals surface area contributed by atoms with E-state index in [0.29, 0.717) is 28.9 Å². The van der Waals surface area contributed by atoms with Crippen molar-refractivity contribution in [2.24, 2.45) is 0 Å². The lowest BCUT2D eigenvalue weighted by Crippen LogP contribution is -2.05. The predicted molar refractivity (Wildman–Crippen MR) is 97.8 cm³/mol. The van der Waals surface area contributed by atoms with E-state index in [-0.39, 0.29) is 0 Å². The number of alkyl halides is 3. The second-order valence-corrected chi connectivity index (χ2v) is 5.78. The van der Waals surface area contributed by atoms with Crippen LogP contribution in [0.3, 0.4) is 0 Å². The molecule has 3 rings (SSSR count). The average Bonchev–Trinajstić information content (AvgIpc) is 2.61. The van der Waals surface area contributed by atoms with Gasteiger partial charge >= 0.3 is 6.18 Å². The number of methoxy groups -OCH3 is 1. The van der Waals surface area contributed by atoms with Gasteiger partial charge in [-0.15, -0.1) is 0 Å². The summed E-state index contributed by atoms with van der Waals surface area (Å²) in [7, 11) is 1.58. The van der Waals surface area contributed by atoms with E-state index in [9.17, 15) is 13.2 Å². The number of aryl methyl sites for hydroxylation is 1. The van der Waals surface area contributed by atoms with Gasteiger partial charge in [0.15, 0.2) is 0 Å². The second-order valence-electron chi connectivity index (χ2n) is 5.78. The first-order valence-electron chi connectivity index (χ1n) is 8.04. The van der Waals surface area contributed by atoms with E-state index in [4.69, 9.17) is 4.74 Å². The van der Waals surface area contributed by atoms with Crippen LogP contribution in [0.15, 0.2) is 54.6 Å². The highest BCUT2D eigenvalue weighted by molar-refractivity contribution is 5.61. The van der Waals surface area contributed by atoms with Crippen LogP contribution in [-0.4, -0.2) is 17.1 Å². The van der Waals surface area contributed by atoms with Crippen LogP contribution in [-0.2, 0) is 6.18 Å². The number of benzene rings is 2. The van der Waals surface area contributed by atoms with E-state index in [1.807, 2.05) is 18.2 Å². The van der Waals surface area contributed by atoms with E-state index >= 15 is 0 Å². The van der Waals surface area contributed by atoms with E-state index in [2.05, 4.69) is 20.6 Å². The molecule has 1 aromatic heterocycles. The quantitative estimate of drug-likeness (QED) is 0.635. The molecule has 27 heavy (non-hydrogen) atoms. The van der Waals surface area contributed by atoms with Crippen molar-refractivity contribution in [2.45, 2.75) is 13.1 Å². The minimum Gasteiger partial charge on any atom is -0.497 e. The van der Waals surface area contributed by atoms with Crippen LogP contribution in [0.2, 0.25) is 0 Å². The molecule has 8 heteroatoms. The van der Waals surface area contributed by atoms with E-state index in [1.165, 1.54) is 12.1 Å². The lowest BCUT2D eigenvalue weighted by molar-refractivity contribution is -0.137. The Morgan fingerprint density at radius 1 is 0.889 bits per heavy atom. The van der Waals surface area contributed by atoms with Gasteiger partial charge in [-0.1, -0.05) is 6.07 Å². The van der Waals surface area contributed by atoms with Gasteiger partial charge in [-0.3, -0.25) is 0 Å². The van der Waals surface area contributed by atoms with Crippen LogP contribution in [0.25, 0.3) is 0 Å². The van der Waals surface area contributed by atoms with Gasteiger partial charge in [0.25, 0.3) is 0 Å². The number of rotatable bonds is 5. The molecule has 0 radical (unpaired) electrons. The van der Waals surface area contributed by atoms with Crippen molar-refractivity contribution >= 4 is 23.1 Å². The summed E-state index contributed by atoms with van der Waals surface area (Å²) in [6, 6.07) is 13.8. The van der Waals surface area contributed by atoms with Crippen LogP contribution in [0.5, 0.6) is 5.75 Å². The summed E-state index contributed by atoms with van der Waals surface area (Å²) in [5, 5.41) is 6.07. The maximum atomic E-state index is 12.7. The predicted octanol–water partition coefficient (Wildman–Crippen LogP) is 5.30. The van der Waals surface area contributed by atoms with Crippen molar-refractivity contribution < 1.29 is 17.9 Å². The Morgan fingerprint density at radius 2 is 1.63 bits per heavy atom. The standard InChI is InChI=1S/C19H17F3N4O/c1-12-10-17(24-14-8-6-13(7-9-14)19(20,21)22)26-18(23-12)25-15-4-3-5-16(11-15)27-2/h3-11H,1-2H3,(H2,23,24,25,26). The molecule has 0 fully saturated rings. The van der Waals surface area contributed by atoms with Gasteiger partial charge in [0.05, 0.1) is 12.7 Å². The Balaban J connectivity index is 1.78. The molecule has 0 aliphatic heterocycles. The summed E-state index contributed by atoms with van der Waals surface area (Å²) in [5.74, 6) is 1.51. The van der Waals surface area contributed by atoms with Gasteiger partial charge in [0.1, 0.15) is 11.6 Å². The smallest absolute Gasteiger partial charge is 0.416 e. The highest BCUT2D eigenvalue weighted by atomic mass is 19.4. The highest BCUT2D eigenvalue weighted by Crippen LogP contribution is 2.30. The number of aromatic nitrogens is 2. The van der Waals surface area contributed by atoms with Crippen molar-refractivity contribution in [3.63, 3.8) is 0 Å². The molecule has 5 nitrogen and oxygen atoms in total. The third kappa shape index (κ3) is 4.87. The molecule has 0 bridgehead atoms. The number of nitrogens with one attached hydrogen (secondary N) is 2. The molecule has 0 saturated carbocycles. The van der Waals surface area contributed by atoms with Gasteiger partial charge in [-0.05, 0) is 43.3 Å². The Hall–Kier alpha value is -3.29. The minimum absolute atomic E-state index is 0.359. The van der Waals surface area contributed by atoms with E-state index in [0.717, 1.165) is 17.8 Å². The molecule has 3 aromatic rings. The molecular weight excluding hydrogens is 357 g/mol. The summed E-state index contributed by atoms with van der Waals surface area (Å²) < 4.78 is 43.1. The zero-order chi connectivity index (χ0) is 19.4. The fraction of sp³-hybridized carbons (Fsp3) is 0.158. The van der Waals surface area contributed by atoms with Gasteiger partial charge in [-0.2, -0.15) is 18.2 Å². The van der Waals surface area contributed by atoms with Gasteiger partial charge < -0.3 is 15.4 Å². The van der Waals surface area contributed by atoms with Gasteiger partial charge in [0.2, 0.25) is 5.95 Å². The van der Waals surface area contributed by atoms with Crippen molar-refractivity contribution in [1.29, 1.82) is 0 Å². The molecular formula is C19H17F3N4O. The number of nitrogens with zero attached hydrogens (tertiary/aromatic N) is 2. The Kier molecular flexibility index (Phi) is 5.16. The Bertz CT molecular complexity index is 927. The van der Waals surface area contributed by atoms with E-state index < -0.39 is 11.7 Å². The molecule has 2 aromatic carbocycles. The number of anilines is 4. The monoisotopic (exact) mass is 374 g/mol. The maximum Gasteiger partial charge on any atom is 0.416 e. The molecule has 2 N–H and O–H groups in total. The first-order chi connectivity index (χ1) is 12.8. The lowest BCUT2D eigenvalue weighted by Gasteiger charge is -2.11.